The zero-order valence-electron chi connectivity index (χ0n) is 13.2. The van der Waals surface area contributed by atoms with Crippen LogP contribution in [0.1, 0.15) is 26.2 Å². The van der Waals surface area contributed by atoms with Crippen LogP contribution >= 0.6 is 0 Å². The third-order valence-corrected chi connectivity index (χ3v) is 4.77. The van der Waals surface area contributed by atoms with Crippen molar-refractivity contribution in [3.05, 3.63) is 30.5 Å². The van der Waals surface area contributed by atoms with E-state index in [1.807, 2.05) is 23.1 Å². The monoisotopic (exact) mass is 312 g/mol. The topological polar surface area (TPSA) is 67.4 Å². The molecule has 0 spiro atoms. The van der Waals surface area contributed by atoms with Crippen molar-refractivity contribution in [2.45, 2.75) is 37.8 Å². The number of nitrogens with one attached hydrogen (secondary N) is 1. The van der Waals surface area contributed by atoms with Crippen LogP contribution in [0.25, 0.3) is 11.0 Å². The SMILES string of the molecule is CC1(N(C(=O)Oc2ccc3ncccc3n2)C2CCNC2)CC1. The molecule has 2 fully saturated rings. The van der Waals surface area contributed by atoms with Gasteiger partial charge in [-0.15, -0.1) is 0 Å². The summed E-state index contributed by atoms with van der Waals surface area (Å²) in [6.45, 7) is 3.91. The predicted molar refractivity (Wildman–Crippen MR) is 86.3 cm³/mol. The van der Waals surface area contributed by atoms with Gasteiger partial charge < -0.3 is 10.1 Å². The standard InChI is InChI=1S/C17H20N4O2/c1-17(7-8-17)21(12-6-10-18-11-12)16(22)23-15-5-4-13-14(20-15)3-2-9-19-13/h2-5,9,12,18H,6-8,10-11H2,1H3. The van der Waals surface area contributed by atoms with Gasteiger partial charge in [-0.05, 0) is 50.9 Å². The zero-order valence-corrected chi connectivity index (χ0v) is 13.2. The molecule has 1 saturated carbocycles. The smallest absolute Gasteiger partial charge is 0.391 e. The van der Waals surface area contributed by atoms with E-state index in [0.29, 0.717) is 5.88 Å². The third kappa shape index (κ3) is 2.74. The molecule has 1 saturated heterocycles. The highest BCUT2D eigenvalue weighted by Gasteiger charge is 2.50. The molecule has 0 aromatic carbocycles. The Morgan fingerprint density at radius 3 is 2.96 bits per heavy atom. The summed E-state index contributed by atoms with van der Waals surface area (Å²) in [4.78, 5) is 23.3. The number of hydrogen-bond donors (Lipinski definition) is 1. The largest absolute Gasteiger partial charge is 0.417 e. The molecule has 6 nitrogen and oxygen atoms in total. The number of pyridine rings is 2. The maximum atomic E-state index is 12.7. The van der Waals surface area contributed by atoms with Crippen LogP contribution in [0.4, 0.5) is 4.79 Å². The molecular weight excluding hydrogens is 292 g/mol. The van der Waals surface area contributed by atoms with Crippen molar-refractivity contribution in [3.8, 4) is 5.88 Å². The number of carbonyl (C=O) groups is 1. The van der Waals surface area contributed by atoms with Gasteiger partial charge in [0.05, 0.1) is 11.0 Å². The van der Waals surface area contributed by atoms with Crippen molar-refractivity contribution in [2.75, 3.05) is 13.1 Å². The van der Waals surface area contributed by atoms with Crippen LogP contribution in [0, 0.1) is 0 Å². The van der Waals surface area contributed by atoms with E-state index in [1.165, 1.54) is 0 Å². The maximum Gasteiger partial charge on any atom is 0.417 e. The summed E-state index contributed by atoms with van der Waals surface area (Å²) >= 11 is 0. The van der Waals surface area contributed by atoms with E-state index in [0.717, 1.165) is 43.4 Å². The average Bonchev–Trinajstić information content (AvgIpc) is 3.07. The number of nitrogens with zero attached hydrogens (tertiary/aromatic N) is 3. The molecule has 1 unspecified atom stereocenters. The first-order valence-corrected chi connectivity index (χ1v) is 8.09. The second-order valence-electron chi connectivity index (χ2n) is 6.57. The molecule has 1 N–H and O–H groups in total. The summed E-state index contributed by atoms with van der Waals surface area (Å²) in [6.07, 6.45) is 4.47. The lowest BCUT2D eigenvalue weighted by atomic mass is 10.1. The van der Waals surface area contributed by atoms with Gasteiger partial charge in [-0.1, -0.05) is 0 Å². The van der Waals surface area contributed by atoms with Crippen LogP contribution in [0.2, 0.25) is 0 Å². The molecule has 120 valence electrons. The van der Waals surface area contributed by atoms with E-state index in [9.17, 15) is 4.79 Å². The molecular formula is C17H20N4O2. The molecule has 0 radical (unpaired) electrons. The Labute approximate surface area is 134 Å². The molecule has 4 rings (SSSR count). The van der Waals surface area contributed by atoms with Crippen LogP contribution < -0.4 is 10.1 Å². The molecule has 2 aliphatic rings. The van der Waals surface area contributed by atoms with Crippen molar-refractivity contribution >= 4 is 17.1 Å². The molecule has 23 heavy (non-hydrogen) atoms. The van der Waals surface area contributed by atoms with Gasteiger partial charge in [-0.2, -0.15) is 0 Å². The molecule has 1 atom stereocenters. The number of rotatable bonds is 3. The second kappa shape index (κ2) is 5.45. The van der Waals surface area contributed by atoms with Crippen molar-refractivity contribution in [2.24, 2.45) is 0 Å². The van der Waals surface area contributed by atoms with E-state index in [-0.39, 0.29) is 17.7 Å². The Balaban J connectivity index is 1.56. The van der Waals surface area contributed by atoms with Crippen molar-refractivity contribution < 1.29 is 9.53 Å². The molecule has 2 aromatic rings. The fraction of sp³-hybridized carbons (Fsp3) is 0.471. The molecule has 1 aliphatic heterocycles. The Hall–Kier alpha value is -2.21. The normalized spacial score (nSPS) is 22.0. The fourth-order valence-electron chi connectivity index (χ4n) is 3.23. The number of fused-ring (bicyclic) bond motifs is 1. The van der Waals surface area contributed by atoms with Gasteiger partial charge in [0, 0.05) is 30.4 Å². The number of amides is 1. The lowest BCUT2D eigenvalue weighted by Crippen LogP contribution is -2.49. The van der Waals surface area contributed by atoms with E-state index >= 15 is 0 Å². The van der Waals surface area contributed by atoms with E-state index in [1.54, 1.807) is 12.3 Å². The minimum Gasteiger partial charge on any atom is -0.391 e. The predicted octanol–water partition coefficient (Wildman–Crippen LogP) is 2.35. The van der Waals surface area contributed by atoms with Gasteiger partial charge in [0.15, 0.2) is 0 Å². The first-order valence-electron chi connectivity index (χ1n) is 8.09. The van der Waals surface area contributed by atoms with E-state index in [4.69, 9.17) is 4.74 Å². The van der Waals surface area contributed by atoms with Crippen LogP contribution in [0.15, 0.2) is 30.5 Å². The van der Waals surface area contributed by atoms with Crippen molar-refractivity contribution in [3.63, 3.8) is 0 Å². The number of hydrogen-bond acceptors (Lipinski definition) is 5. The van der Waals surface area contributed by atoms with Gasteiger partial charge in [-0.3, -0.25) is 9.88 Å². The highest BCUT2D eigenvalue weighted by atomic mass is 16.6. The molecule has 1 amide bonds. The van der Waals surface area contributed by atoms with Gasteiger partial charge >= 0.3 is 6.09 Å². The molecule has 1 aliphatic carbocycles. The lowest BCUT2D eigenvalue weighted by Gasteiger charge is -2.33. The van der Waals surface area contributed by atoms with E-state index in [2.05, 4.69) is 22.2 Å². The Bertz CT molecular complexity index is 738. The molecule has 3 heterocycles. The Morgan fingerprint density at radius 2 is 2.22 bits per heavy atom. The average molecular weight is 312 g/mol. The maximum absolute atomic E-state index is 12.7. The fourth-order valence-corrected chi connectivity index (χ4v) is 3.23. The van der Waals surface area contributed by atoms with Crippen LogP contribution in [0.3, 0.4) is 0 Å². The minimum atomic E-state index is -0.297. The van der Waals surface area contributed by atoms with Gasteiger partial charge in [0.2, 0.25) is 5.88 Å². The summed E-state index contributed by atoms with van der Waals surface area (Å²) < 4.78 is 5.58. The lowest BCUT2D eigenvalue weighted by molar-refractivity contribution is 0.105. The van der Waals surface area contributed by atoms with Crippen LogP contribution in [-0.4, -0.2) is 45.6 Å². The van der Waals surface area contributed by atoms with Gasteiger partial charge in [-0.25, -0.2) is 9.78 Å². The quantitative estimate of drug-likeness (QED) is 0.942. The first-order chi connectivity index (χ1) is 11.2. The summed E-state index contributed by atoms with van der Waals surface area (Å²) in [5, 5.41) is 3.32. The summed E-state index contributed by atoms with van der Waals surface area (Å²) in [6, 6.07) is 7.42. The summed E-state index contributed by atoms with van der Waals surface area (Å²) in [5.41, 5.74) is 1.45. The molecule has 0 bridgehead atoms. The van der Waals surface area contributed by atoms with Crippen molar-refractivity contribution in [1.82, 2.24) is 20.2 Å². The minimum absolute atomic E-state index is 0.0633. The van der Waals surface area contributed by atoms with Crippen LogP contribution in [0.5, 0.6) is 5.88 Å². The molecule has 6 heteroatoms. The number of carbonyl (C=O) groups excluding carboxylic acids is 1. The summed E-state index contributed by atoms with van der Waals surface area (Å²) in [5.74, 6) is 0.329. The van der Waals surface area contributed by atoms with Crippen LogP contribution in [-0.2, 0) is 0 Å². The molecule has 2 aromatic heterocycles. The Morgan fingerprint density at radius 1 is 1.35 bits per heavy atom. The Kier molecular flexibility index (Phi) is 3.41. The zero-order chi connectivity index (χ0) is 15.9. The first kappa shape index (κ1) is 14.4. The van der Waals surface area contributed by atoms with Gasteiger partial charge in [0.25, 0.3) is 0 Å². The van der Waals surface area contributed by atoms with Gasteiger partial charge in [0.1, 0.15) is 0 Å². The number of aromatic nitrogens is 2. The number of ether oxygens (including phenoxy) is 1. The summed E-state index contributed by atoms with van der Waals surface area (Å²) in [7, 11) is 0. The third-order valence-electron chi connectivity index (χ3n) is 4.77. The highest BCUT2D eigenvalue weighted by molar-refractivity contribution is 5.76. The van der Waals surface area contributed by atoms with Crippen molar-refractivity contribution in [1.29, 1.82) is 0 Å². The van der Waals surface area contributed by atoms with E-state index < -0.39 is 0 Å². The highest BCUT2D eigenvalue weighted by Crippen LogP contribution is 2.43. The second-order valence-corrected chi connectivity index (χ2v) is 6.57.